The Hall–Kier alpha value is -2.99. The van der Waals surface area contributed by atoms with Crippen LogP contribution >= 0.6 is 0 Å². The van der Waals surface area contributed by atoms with Crippen LogP contribution in [0.1, 0.15) is 28.4 Å². The number of hydrogen-bond acceptors (Lipinski definition) is 4. The molecule has 0 saturated carbocycles. The first-order valence-electron chi connectivity index (χ1n) is 8.09. The molecule has 3 aromatic rings. The van der Waals surface area contributed by atoms with E-state index >= 15 is 0 Å². The second-order valence-electron chi connectivity index (χ2n) is 5.77. The number of hydrogen-bond donors (Lipinski definition) is 2. The first-order chi connectivity index (χ1) is 12.2. The highest BCUT2D eigenvalue weighted by Crippen LogP contribution is 2.25. The molecule has 0 spiro atoms. The third-order valence-corrected chi connectivity index (χ3v) is 4.17. The maximum Gasteiger partial charge on any atom is 0.254 e. The first kappa shape index (κ1) is 16.9. The molecule has 0 aliphatic heterocycles. The van der Waals surface area contributed by atoms with Crippen molar-refractivity contribution in [3.8, 4) is 11.4 Å². The average Bonchev–Trinajstić information content (AvgIpc) is 3.20. The van der Waals surface area contributed by atoms with Crippen LogP contribution in [0.4, 0.5) is 0 Å². The summed E-state index contributed by atoms with van der Waals surface area (Å²) in [5.74, 6) is 0.510. The molecule has 1 heterocycles. The maximum atomic E-state index is 13.0. The summed E-state index contributed by atoms with van der Waals surface area (Å²) in [5, 5.41) is 16.1. The van der Waals surface area contributed by atoms with Crippen LogP contribution in [-0.2, 0) is 0 Å². The lowest BCUT2D eigenvalue weighted by Crippen LogP contribution is -2.32. The zero-order valence-corrected chi connectivity index (χ0v) is 14.0. The van der Waals surface area contributed by atoms with E-state index in [2.05, 4.69) is 15.2 Å². The highest BCUT2D eigenvalue weighted by molar-refractivity contribution is 5.95. The van der Waals surface area contributed by atoms with E-state index in [1.54, 1.807) is 24.1 Å². The number of carbonyl (C=O) groups is 1. The molecule has 1 aromatic heterocycles. The number of aromatic nitrogens is 3. The van der Waals surface area contributed by atoms with E-state index in [9.17, 15) is 9.90 Å². The lowest BCUT2D eigenvalue weighted by molar-refractivity contribution is 0.0705. The third kappa shape index (κ3) is 3.75. The Morgan fingerprint density at radius 1 is 1.20 bits per heavy atom. The summed E-state index contributed by atoms with van der Waals surface area (Å²) in [6, 6.07) is 16.8. The molecule has 0 aliphatic carbocycles. The molecule has 2 N–H and O–H groups in total. The van der Waals surface area contributed by atoms with Crippen molar-refractivity contribution < 1.29 is 9.90 Å². The van der Waals surface area contributed by atoms with Crippen molar-refractivity contribution in [2.24, 2.45) is 0 Å². The van der Waals surface area contributed by atoms with Gasteiger partial charge in [-0.2, -0.15) is 5.10 Å². The molecular weight excluding hydrogens is 316 g/mol. The fraction of sp³-hybridized carbons (Fsp3) is 0.211. The van der Waals surface area contributed by atoms with Crippen molar-refractivity contribution in [3.63, 3.8) is 0 Å². The van der Waals surface area contributed by atoms with Gasteiger partial charge < -0.3 is 10.0 Å². The van der Waals surface area contributed by atoms with Crippen LogP contribution in [0.3, 0.4) is 0 Å². The highest BCUT2D eigenvalue weighted by Gasteiger charge is 2.22. The van der Waals surface area contributed by atoms with E-state index in [-0.39, 0.29) is 18.6 Å². The largest absolute Gasteiger partial charge is 0.396 e. The molecule has 1 unspecified atom stereocenters. The predicted molar refractivity (Wildman–Crippen MR) is 94.8 cm³/mol. The molecular formula is C19H20N4O2. The average molecular weight is 336 g/mol. The fourth-order valence-electron chi connectivity index (χ4n) is 2.87. The van der Waals surface area contributed by atoms with E-state index in [1.165, 1.54) is 6.33 Å². The van der Waals surface area contributed by atoms with Crippen LogP contribution < -0.4 is 0 Å². The van der Waals surface area contributed by atoms with Gasteiger partial charge in [0.2, 0.25) is 0 Å². The van der Waals surface area contributed by atoms with Crippen LogP contribution in [0, 0.1) is 0 Å². The number of amides is 1. The molecule has 0 radical (unpaired) electrons. The number of H-pyrrole nitrogens is 1. The monoisotopic (exact) mass is 336 g/mol. The Morgan fingerprint density at radius 2 is 2.00 bits per heavy atom. The molecule has 6 heteroatoms. The summed E-state index contributed by atoms with van der Waals surface area (Å²) in [5.41, 5.74) is 2.37. The minimum Gasteiger partial charge on any atom is -0.396 e. The Morgan fingerprint density at radius 3 is 2.68 bits per heavy atom. The Balaban J connectivity index is 1.87. The predicted octanol–water partition coefficient (Wildman–Crippen LogP) is 2.67. The summed E-state index contributed by atoms with van der Waals surface area (Å²) in [6.45, 7) is 0.00921. The molecule has 6 nitrogen and oxygen atoms in total. The van der Waals surface area contributed by atoms with Gasteiger partial charge in [-0.25, -0.2) is 4.98 Å². The van der Waals surface area contributed by atoms with Gasteiger partial charge in [0.05, 0.1) is 6.04 Å². The molecule has 0 fully saturated rings. The minimum atomic E-state index is -0.187. The van der Waals surface area contributed by atoms with Gasteiger partial charge in [-0.1, -0.05) is 42.5 Å². The Labute approximate surface area is 146 Å². The van der Waals surface area contributed by atoms with Crippen molar-refractivity contribution in [2.75, 3.05) is 13.7 Å². The van der Waals surface area contributed by atoms with E-state index in [0.29, 0.717) is 17.8 Å². The second-order valence-corrected chi connectivity index (χ2v) is 5.77. The SMILES string of the molecule is CN(C(=O)c1cccc(-c2ncn[nH]2)c1)C(CCO)c1ccccc1. The Bertz CT molecular complexity index is 818. The topological polar surface area (TPSA) is 82.1 Å². The second kappa shape index (κ2) is 7.72. The molecule has 128 valence electrons. The van der Waals surface area contributed by atoms with Gasteiger partial charge in [-0.05, 0) is 24.1 Å². The van der Waals surface area contributed by atoms with Crippen molar-refractivity contribution in [3.05, 3.63) is 72.1 Å². The van der Waals surface area contributed by atoms with Crippen molar-refractivity contribution in [1.29, 1.82) is 0 Å². The van der Waals surface area contributed by atoms with Crippen LogP contribution in [-0.4, -0.2) is 44.7 Å². The zero-order valence-electron chi connectivity index (χ0n) is 14.0. The number of aliphatic hydroxyl groups excluding tert-OH is 1. The minimum absolute atomic E-state index is 0.00921. The third-order valence-electron chi connectivity index (χ3n) is 4.17. The van der Waals surface area contributed by atoms with Gasteiger partial charge in [0, 0.05) is 24.8 Å². The fourth-order valence-corrected chi connectivity index (χ4v) is 2.87. The molecule has 0 bridgehead atoms. The number of rotatable bonds is 6. The number of carbonyl (C=O) groups excluding carboxylic acids is 1. The summed E-state index contributed by atoms with van der Waals surface area (Å²) < 4.78 is 0. The number of aromatic amines is 1. The van der Waals surface area contributed by atoms with Crippen LogP contribution in [0.25, 0.3) is 11.4 Å². The smallest absolute Gasteiger partial charge is 0.254 e. The molecule has 1 atom stereocenters. The molecule has 0 aliphatic rings. The van der Waals surface area contributed by atoms with Gasteiger partial charge in [0.15, 0.2) is 5.82 Å². The van der Waals surface area contributed by atoms with Gasteiger partial charge in [0.1, 0.15) is 6.33 Å². The van der Waals surface area contributed by atoms with E-state index in [0.717, 1.165) is 11.1 Å². The Kier molecular flexibility index (Phi) is 5.20. The normalized spacial score (nSPS) is 11.9. The lowest BCUT2D eigenvalue weighted by atomic mass is 10.0. The van der Waals surface area contributed by atoms with Gasteiger partial charge >= 0.3 is 0 Å². The van der Waals surface area contributed by atoms with Crippen LogP contribution in [0.2, 0.25) is 0 Å². The van der Waals surface area contributed by atoms with Gasteiger partial charge in [-0.15, -0.1) is 0 Å². The van der Waals surface area contributed by atoms with Crippen LogP contribution in [0.5, 0.6) is 0 Å². The van der Waals surface area contributed by atoms with E-state index < -0.39 is 0 Å². The summed E-state index contributed by atoms with van der Waals surface area (Å²) in [6.07, 6.45) is 1.91. The molecule has 25 heavy (non-hydrogen) atoms. The van der Waals surface area contributed by atoms with Crippen molar-refractivity contribution in [1.82, 2.24) is 20.1 Å². The summed E-state index contributed by atoms with van der Waals surface area (Å²) in [4.78, 5) is 18.7. The molecule has 1 amide bonds. The van der Waals surface area contributed by atoms with Gasteiger partial charge in [-0.3, -0.25) is 9.89 Å². The van der Waals surface area contributed by atoms with Crippen molar-refractivity contribution >= 4 is 5.91 Å². The quantitative estimate of drug-likeness (QED) is 0.725. The van der Waals surface area contributed by atoms with Gasteiger partial charge in [0.25, 0.3) is 5.91 Å². The number of aliphatic hydroxyl groups is 1. The van der Waals surface area contributed by atoms with Crippen molar-refractivity contribution in [2.45, 2.75) is 12.5 Å². The summed E-state index contributed by atoms with van der Waals surface area (Å²) in [7, 11) is 1.76. The number of nitrogens with zero attached hydrogens (tertiary/aromatic N) is 3. The molecule has 0 saturated heterocycles. The van der Waals surface area contributed by atoms with E-state index in [1.807, 2.05) is 42.5 Å². The highest BCUT2D eigenvalue weighted by atomic mass is 16.3. The lowest BCUT2D eigenvalue weighted by Gasteiger charge is -2.28. The zero-order chi connectivity index (χ0) is 17.6. The van der Waals surface area contributed by atoms with E-state index in [4.69, 9.17) is 0 Å². The summed E-state index contributed by atoms with van der Waals surface area (Å²) >= 11 is 0. The first-order valence-corrected chi connectivity index (χ1v) is 8.09. The molecule has 3 rings (SSSR count). The molecule has 2 aromatic carbocycles. The maximum absolute atomic E-state index is 13.0. The standard InChI is InChI=1S/C19H20N4O2/c1-23(17(10-11-24)14-6-3-2-4-7-14)19(25)16-9-5-8-15(12-16)18-20-13-21-22-18/h2-9,12-13,17,24H,10-11H2,1H3,(H,20,21,22). The number of benzene rings is 2. The van der Waals surface area contributed by atoms with Crippen LogP contribution in [0.15, 0.2) is 60.9 Å². The number of nitrogens with one attached hydrogen (secondary N) is 1.